The molecule has 6 aliphatic rings. The number of fused-ring (bicyclic) bond motifs is 7. The van der Waals surface area contributed by atoms with E-state index in [1.165, 1.54) is 5.57 Å². The van der Waals surface area contributed by atoms with E-state index in [1.54, 1.807) is 0 Å². The fraction of sp³-hybridized carbons (Fsp3) is 0.919. The molecule has 5 unspecified atom stereocenters. The lowest BCUT2D eigenvalue weighted by atomic mass is 9.33. The smallest absolute Gasteiger partial charge is 0.310 e. The number of aliphatic hydroxyl groups excluding tert-OH is 5. The second-order valence-electron chi connectivity index (χ2n) is 18.4. The first kappa shape index (κ1) is 33.9. The van der Waals surface area contributed by atoms with Crippen LogP contribution in [0.3, 0.4) is 0 Å². The van der Waals surface area contributed by atoms with E-state index in [1.807, 2.05) is 0 Å². The van der Waals surface area contributed by atoms with Crippen LogP contribution in [0.1, 0.15) is 113 Å². The predicted molar refractivity (Wildman–Crippen MR) is 170 cm³/mol. The number of aliphatic carboxylic acids is 1. The summed E-state index contributed by atoms with van der Waals surface area (Å²) in [5, 5.41) is 63.8. The molecule has 5 aliphatic carbocycles. The Labute approximate surface area is 269 Å². The van der Waals surface area contributed by atoms with Gasteiger partial charge in [-0.15, -0.1) is 0 Å². The molecule has 0 spiro atoms. The Bertz CT molecular complexity index is 1210. The lowest BCUT2D eigenvalue weighted by Gasteiger charge is -2.71. The van der Waals surface area contributed by atoms with Crippen molar-refractivity contribution < 1.29 is 40.2 Å². The Balaban J connectivity index is 1.31. The molecule has 0 radical (unpaired) electrons. The van der Waals surface area contributed by atoms with Gasteiger partial charge < -0.3 is 35.4 Å². The minimum atomic E-state index is -1.50. The van der Waals surface area contributed by atoms with E-state index in [0.29, 0.717) is 11.8 Å². The highest BCUT2D eigenvalue weighted by Gasteiger charge is 2.70. The van der Waals surface area contributed by atoms with Crippen LogP contribution in [0.4, 0.5) is 0 Å². The van der Waals surface area contributed by atoms with Gasteiger partial charge in [0, 0.05) is 0 Å². The van der Waals surface area contributed by atoms with Gasteiger partial charge in [0.15, 0.2) is 0 Å². The summed E-state index contributed by atoms with van der Waals surface area (Å²) in [4.78, 5) is 13.0. The summed E-state index contributed by atoms with van der Waals surface area (Å²) in [6, 6.07) is 0. The van der Waals surface area contributed by atoms with E-state index >= 15 is 0 Å². The van der Waals surface area contributed by atoms with Gasteiger partial charge in [-0.1, -0.05) is 60.1 Å². The molecule has 6 N–H and O–H groups in total. The van der Waals surface area contributed by atoms with Crippen molar-refractivity contribution in [2.24, 2.45) is 56.2 Å². The van der Waals surface area contributed by atoms with Crippen molar-refractivity contribution >= 4 is 5.97 Å². The van der Waals surface area contributed by atoms with E-state index in [-0.39, 0.29) is 38.9 Å². The number of aliphatic hydroxyl groups is 5. The fourth-order valence-electron chi connectivity index (χ4n) is 12.9. The van der Waals surface area contributed by atoms with Crippen molar-refractivity contribution in [3.63, 3.8) is 0 Å². The number of rotatable bonds is 4. The molecule has 0 aromatic rings. The summed E-state index contributed by atoms with van der Waals surface area (Å²) >= 11 is 0. The summed E-state index contributed by atoms with van der Waals surface area (Å²) in [6.45, 7) is 16.0. The molecule has 1 aliphatic heterocycles. The second-order valence-corrected chi connectivity index (χ2v) is 18.4. The Morgan fingerprint density at radius 1 is 0.889 bits per heavy atom. The maximum atomic E-state index is 13.0. The van der Waals surface area contributed by atoms with Crippen LogP contribution in [0.5, 0.6) is 0 Å². The quantitative estimate of drug-likeness (QED) is 0.245. The molecule has 5 fully saturated rings. The van der Waals surface area contributed by atoms with Crippen molar-refractivity contribution in [1.82, 2.24) is 0 Å². The Morgan fingerprint density at radius 3 is 2.20 bits per heavy atom. The van der Waals surface area contributed by atoms with Crippen LogP contribution >= 0.6 is 0 Å². The molecule has 1 saturated heterocycles. The molecule has 6 rings (SSSR count). The number of hydrogen-bond donors (Lipinski definition) is 6. The number of allylic oxidation sites excluding steroid dienone is 2. The first-order chi connectivity index (χ1) is 20.8. The van der Waals surface area contributed by atoms with Crippen molar-refractivity contribution in [2.75, 3.05) is 6.61 Å². The molecule has 256 valence electrons. The van der Waals surface area contributed by atoms with Gasteiger partial charge in [0.2, 0.25) is 0 Å². The summed E-state index contributed by atoms with van der Waals surface area (Å²) < 4.78 is 5.85. The monoisotopic (exact) mass is 632 g/mol. The van der Waals surface area contributed by atoms with E-state index in [9.17, 15) is 35.4 Å². The van der Waals surface area contributed by atoms with Crippen LogP contribution in [0, 0.1) is 56.2 Å². The lowest BCUT2D eigenvalue weighted by Crippen LogP contribution is -2.67. The number of hydrogen-bond acceptors (Lipinski definition) is 7. The zero-order valence-corrected chi connectivity index (χ0v) is 28.6. The van der Waals surface area contributed by atoms with Gasteiger partial charge in [-0.25, -0.2) is 0 Å². The summed E-state index contributed by atoms with van der Waals surface area (Å²) in [6.07, 6.45) is 3.91. The first-order valence-electron chi connectivity index (χ1n) is 17.7. The topological polar surface area (TPSA) is 148 Å². The third-order valence-electron chi connectivity index (χ3n) is 15.9. The van der Waals surface area contributed by atoms with E-state index in [4.69, 9.17) is 4.74 Å². The van der Waals surface area contributed by atoms with Crippen molar-refractivity contribution in [3.05, 3.63) is 11.6 Å². The van der Waals surface area contributed by atoms with Gasteiger partial charge in [0.1, 0.15) is 30.5 Å². The highest BCUT2D eigenvalue weighted by Crippen LogP contribution is 2.76. The number of ether oxygens (including phenoxy) is 1. The maximum absolute atomic E-state index is 13.0. The molecule has 0 aromatic carbocycles. The first-order valence-corrected chi connectivity index (χ1v) is 17.7. The SMILES string of the molecule is CC1(C)CC[C@]2(C(=O)O)CC[C@]3(C)C(=CCC4[C@@]5(C)CC[C@H]([C@H](O)[C@@H]6OC(CO)[C@@H](O)[C@H](O)C6O)C(C)(C)C5CC[C@]43C)C2C1. The Morgan fingerprint density at radius 2 is 1.56 bits per heavy atom. The van der Waals surface area contributed by atoms with E-state index < -0.39 is 54.6 Å². The molecule has 8 heteroatoms. The highest BCUT2D eigenvalue weighted by molar-refractivity contribution is 5.76. The molecule has 8 nitrogen and oxygen atoms in total. The van der Waals surface area contributed by atoms with Gasteiger partial charge in [0.25, 0.3) is 0 Å². The summed E-state index contributed by atoms with van der Waals surface area (Å²) in [5.41, 5.74) is 0.609. The van der Waals surface area contributed by atoms with Crippen molar-refractivity contribution in [2.45, 2.75) is 149 Å². The number of carbonyl (C=O) groups is 1. The average molecular weight is 633 g/mol. The van der Waals surface area contributed by atoms with Crippen LogP contribution in [0.15, 0.2) is 11.6 Å². The Hall–Kier alpha value is -1.03. The molecule has 0 aromatic heterocycles. The third-order valence-corrected chi connectivity index (χ3v) is 15.9. The molecule has 14 atom stereocenters. The predicted octanol–water partition coefficient (Wildman–Crippen LogP) is 4.69. The van der Waals surface area contributed by atoms with Crippen LogP contribution in [0.25, 0.3) is 0 Å². The minimum absolute atomic E-state index is 0.0142. The van der Waals surface area contributed by atoms with Gasteiger partial charge in [-0.05, 0) is 115 Å². The van der Waals surface area contributed by atoms with Gasteiger partial charge in [0.05, 0.1) is 18.1 Å². The number of carboxylic acid groups (broad SMARTS) is 1. The summed E-state index contributed by atoms with van der Waals surface area (Å²) in [5.74, 6) is 0.0295. The highest BCUT2D eigenvalue weighted by atomic mass is 16.6. The molecular weight excluding hydrogens is 572 g/mol. The lowest BCUT2D eigenvalue weighted by molar-refractivity contribution is -0.267. The van der Waals surface area contributed by atoms with Gasteiger partial charge in [-0.3, -0.25) is 4.79 Å². The minimum Gasteiger partial charge on any atom is -0.481 e. The molecule has 0 bridgehead atoms. The molecule has 0 amide bonds. The molecule has 4 saturated carbocycles. The molecule has 1 heterocycles. The fourth-order valence-corrected chi connectivity index (χ4v) is 12.9. The molecular formula is C37H60O8. The van der Waals surface area contributed by atoms with Crippen molar-refractivity contribution in [1.29, 1.82) is 0 Å². The molecule has 45 heavy (non-hydrogen) atoms. The number of carboxylic acids is 1. The standard InChI is InChI=1S/C37H60O8/c1-32(2)14-16-37(31(43)44)17-15-35(6)20(22(37)18-32)8-9-25-34(5)12-10-21(33(3,4)24(34)11-13-36(25,35)7)26(39)30-29(42)28(41)27(40)23(19-38)45-30/h8,21-30,38-42H,9-19H2,1-7H3,(H,43,44)/t21-,22?,23?,24?,25?,26+,27-,28+,29?,30+,34+,35-,36-,37+/m1/s1. The Kier molecular flexibility index (Phi) is 8.08. The maximum Gasteiger partial charge on any atom is 0.310 e. The van der Waals surface area contributed by atoms with E-state index in [2.05, 4.69) is 54.5 Å². The van der Waals surface area contributed by atoms with Crippen LogP contribution in [0.2, 0.25) is 0 Å². The average Bonchev–Trinajstić information content (AvgIpc) is 2.95. The summed E-state index contributed by atoms with van der Waals surface area (Å²) in [7, 11) is 0. The normalized spacial score (nSPS) is 52.7. The van der Waals surface area contributed by atoms with Crippen LogP contribution in [-0.4, -0.2) is 79.8 Å². The van der Waals surface area contributed by atoms with Crippen LogP contribution in [-0.2, 0) is 9.53 Å². The van der Waals surface area contributed by atoms with Gasteiger partial charge in [-0.2, -0.15) is 0 Å². The van der Waals surface area contributed by atoms with Crippen molar-refractivity contribution in [3.8, 4) is 0 Å². The van der Waals surface area contributed by atoms with Gasteiger partial charge >= 0.3 is 5.97 Å². The zero-order chi connectivity index (χ0) is 33.1. The largest absolute Gasteiger partial charge is 0.481 e. The third kappa shape index (κ3) is 4.55. The zero-order valence-electron chi connectivity index (χ0n) is 28.6. The second kappa shape index (κ2) is 10.7. The van der Waals surface area contributed by atoms with Crippen LogP contribution < -0.4 is 0 Å². The van der Waals surface area contributed by atoms with E-state index in [0.717, 1.165) is 64.2 Å².